The molecular formula is C23H16F3NO5. The first kappa shape index (κ1) is 21.2. The van der Waals surface area contributed by atoms with Crippen LogP contribution in [0.2, 0.25) is 0 Å². The normalized spacial score (nSPS) is 12.6. The Labute approximate surface area is 180 Å². The van der Waals surface area contributed by atoms with E-state index in [9.17, 15) is 22.8 Å². The van der Waals surface area contributed by atoms with E-state index in [0.29, 0.717) is 0 Å². The third kappa shape index (κ3) is 4.36. The Hall–Kier alpha value is -4.01. The molecule has 9 heteroatoms. The molecule has 4 rings (SSSR count). The second kappa shape index (κ2) is 8.26. The minimum atomic E-state index is -5.03. The summed E-state index contributed by atoms with van der Waals surface area (Å²) in [5.41, 5.74) is 3.18. The van der Waals surface area contributed by atoms with Crippen LogP contribution in [0.3, 0.4) is 0 Å². The van der Waals surface area contributed by atoms with Crippen molar-refractivity contribution < 1.29 is 37.3 Å². The van der Waals surface area contributed by atoms with Crippen LogP contribution in [0.4, 0.5) is 23.7 Å². The van der Waals surface area contributed by atoms with Gasteiger partial charge in [0.2, 0.25) is 0 Å². The number of benzene rings is 3. The summed E-state index contributed by atoms with van der Waals surface area (Å²) in [6, 6.07) is 17.9. The Balaban J connectivity index is 1.52. The molecular weight excluding hydrogens is 427 g/mol. The molecule has 6 nitrogen and oxygen atoms in total. The van der Waals surface area contributed by atoms with Crippen molar-refractivity contribution in [3.8, 4) is 16.9 Å². The van der Waals surface area contributed by atoms with E-state index in [1.807, 2.05) is 48.5 Å². The van der Waals surface area contributed by atoms with E-state index in [0.717, 1.165) is 40.5 Å². The fourth-order valence-corrected chi connectivity index (χ4v) is 3.72. The summed E-state index contributed by atoms with van der Waals surface area (Å²) in [5.74, 6) is -2.38. The lowest BCUT2D eigenvalue weighted by Gasteiger charge is -2.17. The first-order valence-electron chi connectivity index (χ1n) is 9.48. The Bertz CT molecular complexity index is 1150. The summed E-state index contributed by atoms with van der Waals surface area (Å²) in [5, 5.41) is 11.2. The van der Waals surface area contributed by atoms with Crippen LogP contribution in [0, 0.1) is 0 Å². The molecule has 0 heterocycles. The summed E-state index contributed by atoms with van der Waals surface area (Å²) < 4.78 is 47.2. The predicted molar refractivity (Wildman–Crippen MR) is 109 cm³/mol. The average Bonchev–Trinajstić information content (AvgIpc) is 3.06. The molecule has 0 aromatic heterocycles. The van der Waals surface area contributed by atoms with Gasteiger partial charge in [-0.2, -0.15) is 0 Å². The second-order valence-electron chi connectivity index (χ2n) is 7.01. The highest BCUT2D eigenvalue weighted by atomic mass is 19.4. The maximum Gasteiger partial charge on any atom is 0.573 e. The molecule has 1 amide bonds. The smallest absolute Gasteiger partial charge is 0.478 e. The first-order valence-corrected chi connectivity index (χ1v) is 9.48. The molecule has 0 fully saturated rings. The van der Waals surface area contributed by atoms with Crippen molar-refractivity contribution in [3.05, 3.63) is 83.4 Å². The van der Waals surface area contributed by atoms with E-state index in [4.69, 9.17) is 9.84 Å². The number of ether oxygens (including phenoxy) is 2. The van der Waals surface area contributed by atoms with Crippen LogP contribution in [0.1, 0.15) is 27.4 Å². The van der Waals surface area contributed by atoms with Gasteiger partial charge in [-0.25, -0.2) is 9.59 Å². The minimum Gasteiger partial charge on any atom is -0.478 e. The van der Waals surface area contributed by atoms with Crippen molar-refractivity contribution in [1.29, 1.82) is 0 Å². The van der Waals surface area contributed by atoms with Crippen molar-refractivity contribution in [3.63, 3.8) is 0 Å². The van der Waals surface area contributed by atoms with Crippen molar-refractivity contribution in [2.24, 2.45) is 0 Å². The number of rotatable bonds is 5. The maximum absolute atomic E-state index is 12.7. The van der Waals surface area contributed by atoms with E-state index in [1.54, 1.807) is 0 Å². The summed E-state index contributed by atoms with van der Waals surface area (Å²) in [6.07, 6.45) is -6.07. The minimum absolute atomic E-state index is 0.0616. The van der Waals surface area contributed by atoms with E-state index in [-0.39, 0.29) is 18.1 Å². The molecule has 3 aromatic rings. The maximum atomic E-state index is 12.7. The third-order valence-electron chi connectivity index (χ3n) is 5.03. The van der Waals surface area contributed by atoms with Gasteiger partial charge in [0.1, 0.15) is 6.61 Å². The van der Waals surface area contributed by atoms with Gasteiger partial charge in [0.05, 0.1) is 11.3 Å². The Kier molecular flexibility index (Phi) is 5.48. The highest BCUT2D eigenvalue weighted by molar-refractivity contribution is 5.93. The number of aromatic carboxylic acids is 1. The van der Waals surface area contributed by atoms with E-state index in [1.165, 1.54) is 0 Å². The molecule has 1 aliphatic rings. The molecule has 0 aliphatic heterocycles. The van der Waals surface area contributed by atoms with Crippen LogP contribution in [0.5, 0.6) is 5.75 Å². The molecule has 0 saturated heterocycles. The van der Waals surface area contributed by atoms with Crippen molar-refractivity contribution in [1.82, 2.24) is 0 Å². The van der Waals surface area contributed by atoms with Crippen LogP contribution in [0.25, 0.3) is 11.1 Å². The number of carboxylic acids is 1. The molecule has 32 heavy (non-hydrogen) atoms. The van der Waals surface area contributed by atoms with Crippen molar-refractivity contribution in [2.45, 2.75) is 12.3 Å². The number of hydrogen-bond acceptors (Lipinski definition) is 4. The van der Waals surface area contributed by atoms with Gasteiger partial charge >= 0.3 is 18.4 Å². The van der Waals surface area contributed by atoms with Crippen LogP contribution >= 0.6 is 0 Å². The molecule has 0 unspecified atom stereocenters. The number of fused-ring (bicyclic) bond motifs is 3. The van der Waals surface area contributed by atoms with Gasteiger partial charge < -0.3 is 14.6 Å². The molecule has 0 saturated carbocycles. The number of carboxylic acid groups (broad SMARTS) is 1. The molecule has 164 valence electrons. The summed E-state index contributed by atoms with van der Waals surface area (Å²) >= 11 is 0. The number of halogens is 3. The van der Waals surface area contributed by atoms with Crippen molar-refractivity contribution >= 4 is 17.7 Å². The van der Waals surface area contributed by atoms with Gasteiger partial charge in [0, 0.05) is 5.92 Å². The van der Waals surface area contributed by atoms with E-state index >= 15 is 0 Å². The highest BCUT2D eigenvalue weighted by Crippen LogP contribution is 2.44. The Morgan fingerprint density at radius 2 is 1.53 bits per heavy atom. The van der Waals surface area contributed by atoms with Gasteiger partial charge in [-0.3, -0.25) is 5.32 Å². The third-order valence-corrected chi connectivity index (χ3v) is 5.03. The summed E-state index contributed by atoms with van der Waals surface area (Å²) in [4.78, 5) is 23.5. The number of amides is 1. The topological polar surface area (TPSA) is 84.9 Å². The lowest BCUT2D eigenvalue weighted by atomic mass is 9.98. The molecule has 2 N–H and O–H groups in total. The Morgan fingerprint density at radius 3 is 2.09 bits per heavy atom. The van der Waals surface area contributed by atoms with Gasteiger partial charge in [-0.15, -0.1) is 13.2 Å². The van der Waals surface area contributed by atoms with Crippen LogP contribution in [-0.2, 0) is 4.74 Å². The van der Waals surface area contributed by atoms with Gasteiger partial charge in [-0.1, -0.05) is 48.5 Å². The molecule has 3 aromatic carbocycles. The molecule has 0 radical (unpaired) electrons. The highest BCUT2D eigenvalue weighted by Gasteiger charge is 2.33. The monoisotopic (exact) mass is 443 g/mol. The first-order chi connectivity index (χ1) is 15.2. The number of nitrogens with one attached hydrogen (secondary N) is 1. The van der Waals surface area contributed by atoms with Crippen molar-refractivity contribution in [2.75, 3.05) is 11.9 Å². The predicted octanol–water partition coefficient (Wildman–Crippen LogP) is 5.64. The second-order valence-corrected chi connectivity index (χ2v) is 7.01. The number of anilines is 1. The fourth-order valence-electron chi connectivity index (χ4n) is 3.72. The lowest BCUT2D eigenvalue weighted by molar-refractivity contribution is -0.274. The number of hydrogen-bond donors (Lipinski definition) is 2. The number of alkyl halides is 3. The molecule has 0 atom stereocenters. The zero-order chi connectivity index (χ0) is 22.9. The molecule has 1 aliphatic carbocycles. The lowest BCUT2D eigenvalue weighted by Crippen LogP contribution is -2.21. The summed E-state index contributed by atoms with van der Waals surface area (Å²) in [7, 11) is 0. The van der Waals surface area contributed by atoms with Crippen LogP contribution in [-0.4, -0.2) is 30.1 Å². The van der Waals surface area contributed by atoms with E-state index in [2.05, 4.69) is 10.1 Å². The Morgan fingerprint density at radius 1 is 0.938 bits per heavy atom. The standard InChI is InChI=1S/C23H16F3NO5/c24-23(25,26)32-20-10-9-13(21(28)29)11-19(20)27-22(30)31-12-18-16-7-3-1-5-14(16)15-6-2-4-8-17(15)18/h1-11,18H,12H2,(H,27,30)(H,28,29). The van der Waals surface area contributed by atoms with Crippen LogP contribution < -0.4 is 10.1 Å². The largest absolute Gasteiger partial charge is 0.573 e. The van der Waals surface area contributed by atoms with Gasteiger partial charge in [-0.05, 0) is 40.5 Å². The fraction of sp³-hybridized carbons (Fsp3) is 0.130. The van der Waals surface area contributed by atoms with E-state index < -0.39 is 29.9 Å². The SMILES string of the molecule is O=C(Nc1cc(C(=O)O)ccc1OC(F)(F)F)OCC1c2ccccc2-c2ccccc21. The number of carbonyl (C=O) groups excluding carboxylic acids is 1. The average molecular weight is 443 g/mol. The molecule has 0 bridgehead atoms. The zero-order valence-corrected chi connectivity index (χ0v) is 16.3. The van der Waals surface area contributed by atoms with Gasteiger partial charge in [0.15, 0.2) is 5.75 Å². The number of carbonyl (C=O) groups is 2. The quantitative estimate of drug-likeness (QED) is 0.533. The van der Waals surface area contributed by atoms with Gasteiger partial charge in [0.25, 0.3) is 0 Å². The molecule has 0 spiro atoms. The summed E-state index contributed by atoms with van der Waals surface area (Å²) in [6.45, 7) is -0.0616. The zero-order valence-electron chi connectivity index (χ0n) is 16.3. The van der Waals surface area contributed by atoms with Crippen LogP contribution in [0.15, 0.2) is 66.7 Å².